The lowest BCUT2D eigenvalue weighted by Gasteiger charge is -2.17. The molecule has 0 saturated heterocycles. The summed E-state index contributed by atoms with van der Waals surface area (Å²) in [6.07, 6.45) is 17.7. The number of rotatable bonds is 20. The van der Waals surface area contributed by atoms with Gasteiger partial charge in [0.25, 0.3) is 5.91 Å². The number of halogens is 1. The average molecular weight is 644 g/mol. The van der Waals surface area contributed by atoms with Crippen LogP contribution in [0.3, 0.4) is 0 Å². The zero-order valence-electron chi connectivity index (χ0n) is 27.6. The van der Waals surface area contributed by atoms with Crippen LogP contribution in [0.1, 0.15) is 114 Å². The highest BCUT2D eigenvalue weighted by atomic mass is 35.5. The first-order valence-electron chi connectivity index (χ1n) is 17.3. The van der Waals surface area contributed by atoms with Gasteiger partial charge in [0, 0.05) is 22.7 Å². The molecule has 1 N–H and O–H groups in total. The standard InChI is InChI=1S/C39H50ClN3O3/c1-3-4-5-6-7-8-9-10-11-12-13-14-15-16-17-36(44)41-33-24-26-34(27-25-33)43-39(45)38(46-35-28-18-30(2)19-29-35)37(42-43)31-20-22-32(40)23-21-31/h18-29,38H,3-17H2,1-2H3,(H,41,44). The van der Waals surface area contributed by atoms with Crippen LogP contribution in [0.2, 0.25) is 5.02 Å². The van der Waals surface area contributed by atoms with Crippen molar-refractivity contribution >= 4 is 40.5 Å². The van der Waals surface area contributed by atoms with Crippen LogP contribution in [0.25, 0.3) is 0 Å². The van der Waals surface area contributed by atoms with Gasteiger partial charge in [-0.15, -0.1) is 0 Å². The van der Waals surface area contributed by atoms with E-state index < -0.39 is 6.10 Å². The van der Waals surface area contributed by atoms with Gasteiger partial charge in [0.1, 0.15) is 11.5 Å². The highest BCUT2D eigenvalue weighted by molar-refractivity contribution is 6.31. The van der Waals surface area contributed by atoms with Crippen LogP contribution in [0.5, 0.6) is 5.75 Å². The summed E-state index contributed by atoms with van der Waals surface area (Å²) in [5, 5.41) is 9.62. The SMILES string of the molecule is CCCCCCCCCCCCCCCCC(=O)Nc1ccc(N2N=C(c3ccc(Cl)cc3)C(Oc3ccc(C)cc3)C2=O)cc1. The molecule has 4 rings (SSSR count). The smallest absolute Gasteiger partial charge is 0.294 e. The Morgan fingerprint density at radius 1 is 0.761 bits per heavy atom. The van der Waals surface area contributed by atoms with Crippen molar-refractivity contribution in [3.8, 4) is 5.75 Å². The lowest BCUT2D eigenvalue weighted by Crippen LogP contribution is -2.37. The summed E-state index contributed by atoms with van der Waals surface area (Å²) in [5.41, 5.74) is 3.65. The summed E-state index contributed by atoms with van der Waals surface area (Å²) in [6, 6.07) is 22.0. The van der Waals surface area contributed by atoms with Crippen molar-refractivity contribution < 1.29 is 14.3 Å². The number of unbranched alkanes of at least 4 members (excludes halogenated alkanes) is 13. The molecule has 1 aliphatic rings. The lowest BCUT2D eigenvalue weighted by molar-refractivity contribution is -0.121. The fourth-order valence-corrected chi connectivity index (χ4v) is 5.83. The van der Waals surface area contributed by atoms with Crippen LogP contribution in [0.4, 0.5) is 11.4 Å². The van der Waals surface area contributed by atoms with E-state index in [0.29, 0.717) is 34.3 Å². The second kappa shape index (κ2) is 19.1. The Bertz CT molecular complexity index is 1390. The number of hydrogen-bond donors (Lipinski definition) is 1. The Labute approximate surface area is 280 Å². The quantitative estimate of drug-likeness (QED) is 0.125. The topological polar surface area (TPSA) is 71.0 Å². The summed E-state index contributed by atoms with van der Waals surface area (Å²) in [6.45, 7) is 4.27. The van der Waals surface area contributed by atoms with Crippen LogP contribution in [0.15, 0.2) is 77.9 Å². The number of hydrogen-bond acceptors (Lipinski definition) is 4. The number of anilines is 2. The zero-order valence-corrected chi connectivity index (χ0v) is 28.4. The molecule has 1 heterocycles. The van der Waals surface area contributed by atoms with Crippen LogP contribution in [-0.4, -0.2) is 23.6 Å². The number of hydrazone groups is 1. The summed E-state index contributed by atoms with van der Waals surface area (Å²) in [4.78, 5) is 26.2. The van der Waals surface area contributed by atoms with Gasteiger partial charge in [0.05, 0.1) is 5.69 Å². The van der Waals surface area contributed by atoms with Crippen molar-refractivity contribution in [3.63, 3.8) is 0 Å². The molecule has 0 saturated carbocycles. The maximum Gasteiger partial charge on any atom is 0.294 e. The van der Waals surface area contributed by atoms with Gasteiger partial charge >= 0.3 is 0 Å². The Morgan fingerprint density at radius 2 is 1.30 bits per heavy atom. The first-order valence-corrected chi connectivity index (χ1v) is 17.6. The van der Waals surface area contributed by atoms with Gasteiger partial charge in [-0.2, -0.15) is 10.1 Å². The third kappa shape index (κ3) is 11.3. The normalized spacial score (nSPS) is 14.4. The Morgan fingerprint density at radius 3 is 1.87 bits per heavy atom. The van der Waals surface area contributed by atoms with Crippen LogP contribution < -0.4 is 15.1 Å². The molecule has 246 valence electrons. The molecule has 1 aliphatic heterocycles. The predicted octanol–water partition coefficient (Wildman–Crippen LogP) is 10.7. The Kier molecular flexibility index (Phi) is 14.6. The zero-order chi connectivity index (χ0) is 32.6. The third-order valence-corrected chi connectivity index (χ3v) is 8.71. The largest absolute Gasteiger partial charge is 0.474 e. The van der Waals surface area contributed by atoms with Crippen molar-refractivity contribution in [1.29, 1.82) is 0 Å². The molecule has 0 bridgehead atoms. The number of ether oxygens (including phenoxy) is 1. The number of benzene rings is 3. The molecule has 3 aromatic rings. The number of carbonyl (C=O) groups is 2. The molecule has 0 spiro atoms. The average Bonchev–Trinajstić information content (AvgIpc) is 3.38. The predicted molar refractivity (Wildman–Crippen MR) is 191 cm³/mol. The molecule has 0 radical (unpaired) electrons. The minimum Gasteiger partial charge on any atom is -0.474 e. The number of nitrogens with zero attached hydrogens (tertiary/aromatic N) is 2. The molecule has 6 nitrogen and oxygen atoms in total. The number of nitrogens with one attached hydrogen (secondary N) is 1. The number of carbonyl (C=O) groups excluding carboxylic acids is 2. The van der Waals surface area contributed by atoms with E-state index in [-0.39, 0.29) is 11.8 Å². The summed E-state index contributed by atoms with van der Waals surface area (Å²) in [7, 11) is 0. The highest BCUT2D eigenvalue weighted by Gasteiger charge is 2.39. The minimum absolute atomic E-state index is 0.0125. The van der Waals surface area contributed by atoms with E-state index in [1.54, 1.807) is 36.4 Å². The van der Waals surface area contributed by atoms with E-state index in [1.165, 1.54) is 82.1 Å². The fraction of sp³-hybridized carbons (Fsp3) is 0.462. The molecule has 1 unspecified atom stereocenters. The number of aryl methyl sites for hydroxylation is 1. The second-order valence-corrected chi connectivity index (χ2v) is 12.8. The molecule has 0 aromatic heterocycles. The van der Waals surface area contributed by atoms with Gasteiger partial charge in [-0.3, -0.25) is 9.59 Å². The maximum absolute atomic E-state index is 13.6. The van der Waals surface area contributed by atoms with E-state index in [1.807, 2.05) is 43.3 Å². The first-order chi connectivity index (χ1) is 22.4. The van der Waals surface area contributed by atoms with Gasteiger partial charge in [0.15, 0.2) is 0 Å². The summed E-state index contributed by atoms with van der Waals surface area (Å²) in [5.74, 6) is 0.308. The molecule has 1 atom stereocenters. The van der Waals surface area contributed by atoms with Gasteiger partial charge < -0.3 is 10.1 Å². The van der Waals surface area contributed by atoms with Crippen molar-refractivity contribution in [2.24, 2.45) is 5.10 Å². The molecule has 2 amide bonds. The van der Waals surface area contributed by atoms with Crippen LogP contribution in [-0.2, 0) is 9.59 Å². The van der Waals surface area contributed by atoms with Crippen LogP contribution in [0, 0.1) is 6.92 Å². The molecule has 0 aliphatic carbocycles. The summed E-state index contributed by atoms with van der Waals surface area (Å²) >= 11 is 6.11. The van der Waals surface area contributed by atoms with E-state index >= 15 is 0 Å². The van der Waals surface area contributed by atoms with E-state index in [0.717, 1.165) is 24.0 Å². The Balaban J connectivity index is 1.20. The minimum atomic E-state index is -0.909. The number of amides is 2. The molecule has 7 heteroatoms. The molecular weight excluding hydrogens is 594 g/mol. The molecule has 0 fully saturated rings. The van der Waals surface area contributed by atoms with E-state index in [4.69, 9.17) is 16.3 Å². The van der Waals surface area contributed by atoms with Crippen molar-refractivity contribution in [3.05, 3.63) is 88.9 Å². The highest BCUT2D eigenvalue weighted by Crippen LogP contribution is 2.28. The monoisotopic (exact) mass is 643 g/mol. The lowest BCUT2D eigenvalue weighted by atomic mass is 10.0. The second-order valence-electron chi connectivity index (χ2n) is 12.4. The van der Waals surface area contributed by atoms with Gasteiger partial charge in [-0.25, -0.2) is 0 Å². The van der Waals surface area contributed by atoms with Gasteiger partial charge in [0.2, 0.25) is 12.0 Å². The first kappa shape index (κ1) is 35.2. The fourth-order valence-electron chi connectivity index (χ4n) is 5.70. The molecular formula is C39H50ClN3O3. The molecule has 3 aromatic carbocycles. The van der Waals surface area contributed by atoms with E-state index in [9.17, 15) is 9.59 Å². The summed E-state index contributed by atoms with van der Waals surface area (Å²) < 4.78 is 6.16. The third-order valence-electron chi connectivity index (χ3n) is 8.46. The van der Waals surface area contributed by atoms with Gasteiger partial charge in [-0.1, -0.05) is 132 Å². The molecule has 46 heavy (non-hydrogen) atoms. The van der Waals surface area contributed by atoms with Crippen molar-refractivity contribution in [1.82, 2.24) is 0 Å². The van der Waals surface area contributed by atoms with Crippen molar-refractivity contribution in [2.45, 2.75) is 116 Å². The van der Waals surface area contributed by atoms with Crippen LogP contribution >= 0.6 is 11.6 Å². The van der Waals surface area contributed by atoms with E-state index in [2.05, 4.69) is 17.3 Å². The Hall–Kier alpha value is -3.64. The van der Waals surface area contributed by atoms with Gasteiger partial charge in [-0.05, 0) is 61.9 Å². The maximum atomic E-state index is 13.6. The van der Waals surface area contributed by atoms with Crippen molar-refractivity contribution in [2.75, 3.05) is 10.3 Å².